The van der Waals surface area contributed by atoms with Crippen molar-refractivity contribution in [1.29, 1.82) is 0 Å². The monoisotopic (exact) mass is 418 g/mol. The molecule has 0 saturated heterocycles. The van der Waals surface area contributed by atoms with Gasteiger partial charge in [-0.15, -0.1) is 6.58 Å². The van der Waals surface area contributed by atoms with Crippen molar-refractivity contribution in [1.82, 2.24) is 0 Å². The van der Waals surface area contributed by atoms with Crippen LogP contribution >= 0.6 is 0 Å². The van der Waals surface area contributed by atoms with E-state index >= 15 is 0 Å². The molecule has 3 aliphatic carbocycles. The molecule has 4 heteroatoms. The van der Waals surface area contributed by atoms with Gasteiger partial charge >= 0.3 is 0 Å². The molecule has 6 atom stereocenters. The highest BCUT2D eigenvalue weighted by Crippen LogP contribution is 2.66. The Kier molecular flexibility index (Phi) is 5.52. The molecular weight excluding hydrogens is 376 g/mol. The van der Waals surface area contributed by atoms with Crippen molar-refractivity contribution in [2.24, 2.45) is 29.1 Å². The zero-order valence-corrected chi connectivity index (χ0v) is 21.6. The largest absolute Gasteiger partial charge is 0.547 e. The van der Waals surface area contributed by atoms with Crippen LogP contribution in [0.15, 0.2) is 36.6 Å². The summed E-state index contributed by atoms with van der Waals surface area (Å²) in [6.45, 7) is 25.2. The Hall–Kier alpha value is -0.586. The van der Waals surface area contributed by atoms with E-state index in [0.717, 1.165) is 6.42 Å². The Morgan fingerprint density at radius 3 is 2.36 bits per heavy atom. The maximum absolute atomic E-state index is 7.15. The molecule has 3 rings (SSSR count). The van der Waals surface area contributed by atoms with E-state index in [4.69, 9.17) is 8.85 Å². The highest BCUT2D eigenvalue weighted by atomic mass is 28.4. The van der Waals surface area contributed by atoms with Gasteiger partial charge < -0.3 is 8.85 Å². The molecule has 0 radical (unpaired) electrons. The summed E-state index contributed by atoms with van der Waals surface area (Å²) in [5, 5.41) is 0.222. The van der Waals surface area contributed by atoms with Gasteiger partial charge in [-0.2, -0.15) is 0 Å². The van der Waals surface area contributed by atoms with Gasteiger partial charge in [0.25, 0.3) is 0 Å². The van der Waals surface area contributed by atoms with Crippen LogP contribution in [0.4, 0.5) is 0 Å². The van der Waals surface area contributed by atoms with Crippen LogP contribution in [0.5, 0.6) is 0 Å². The Labute approximate surface area is 175 Å². The van der Waals surface area contributed by atoms with E-state index in [2.05, 4.69) is 91.3 Å². The van der Waals surface area contributed by atoms with E-state index in [1.165, 1.54) is 12.2 Å². The third-order valence-corrected chi connectivity index (χ3v) is 13.0. The SMILES string of the molecule is C=CC[C@@]12C(O[Si](C)(C)C)=C[C@@H](C)[C@H](O[Si](C)(C)C(C)(C)C)[C@@H]1[C@@H]1C=C[C@H]2C1. The number of allylic oxidation sites excluding steroid dienone is 4. The molecule has 2 bridgehead atoms. The summed E-state index contributed by atoms with van der Waals surface area (Å²) in [6.07, 6.45) is 12.0. The topological polar surface area (TPSA) is 18.5 Å². The lowest BCUT2D eigenvalue weighted by atomic mass is 9.58. The van der Waals surface area contributed by atoms with Crippen LogP contribution < -0.4 is 0 Å². The van der Waals surface area contributed by atoms with Gasteiger partial charge in [-0.25, -0.2) is 0 Å². The number of rotatable bonds is 6. The van der Waals surface area contributed by atoms with Crippen molar-refractivity contribution in [2.45, 2.75) is 84.4 Å². The Morgan fingerprint density at radius 2 is 1.82 bits per heavy atom. The fourth-order valence-electron chi connectivity index (χ4n) is 5.49. The summed E-state index contributed by atoms with van der Waals surface area (Å²) < 4.78 is 13.9. The summed E-state index contributed by atoms with van der Waals surface area (Å²) in [5.74, 6) is 3.31. The normalized spacial score (nSPS) is 37.6. The summed E-state index contributed by atoms with van der Waals surface area (Å²) >= 11 is 0. The first-order chi connectivity index (χ1) is 12.7. The second-order valence-electron chi connectivity index (χ2n) is 11.9. The summed E-state index contributed by atoms with van der Waals surface area (Å²) in [7, 11) is -3.55. The van der Waals surface area contributed by atoms with Crippen molar-refractivity contribution in [3.63, 3.8) is 0 Å². The molecule has 0 heterocycles. The Morgan fingerprint density at radius 1 is 1.18 bits per heavy atom. The molecule has 0 N–H and O–H groups in total. The van der Waals surface area contributed by atoms with Gasteiger partial charge in [0, 0.05) is 17.3 Å². The maximum Gasteiger partial charge on any atom is 0.241 e. The zero-order valence-electron chi connectivity index (χ0n) is 19.6. The van der Waals surface area contributed by atoms with Crippen molar-refractivity contribution < 1.29 is 8.85 Å². The fourth-order valence-corrected chi connectivity index (χ4v) is 7.80. The third kappa shape index (κ3) is 3.54. The molecule has 0 aromatic carbocycles. The minimum atomic E-state index is -1.86. The molecule has 1 fully saturated rings. The van der Waals surface area contributed by atoms with Crippen molar-refractivity contribution in [3.8, 4) is 0 Å². The van der Waals surface area contributed by atoms with Crippen LogP contribution in [-0.4, -0.2) is 22.7 Å². The van der Waals surface area contributed by atoms with E-state index in [0.29, 0.717) is 23.7 Å². The van der Waals surface area contributed by atoms with Crippen molar-refractivity contribution in [2.75, 3.05) is 0 Å². The van der Waals surface area contributed by atoms with Gasteiger partial charge in [0.05, 0.1) is 11.9 Å². The van der Waals surface area contributed by atoms with Gasteiger partial charge in [-0.3, -0.25) is 0 Å². The molecule has 28 heavy (non-hydrogen) atoms. The van der Waals surface area contributed by atoms with E-state index in [-0.39, 0.29) is 16.6 Å². The second-order valence-corrected chi connectivity index (χ2v) is 21.1. The first-order valence-corrected chi connectivity index (χ1v) is 17.4. The molecular formula is C24H42O2Si2. The van der Waals surface area contributed by atoms with E-state index in [1.54, 1.807) is 0 Å². The first kappa shape index (κ1) is 22.1. The van der Waals surface area contributed by atoms with E-state index in [9.17, 15) is 0 Å². The van der Waals surface area contributed by atoms with Crippen LogP contribution in [-0.2, 0) is 8.85 Å². The van der Waals surface area contributed by atoms with Crippen LogP contribution in [0.1, 0.15) is 40.5 Å². The van der Waals surface area contributed by atoms with Gasteiger partial charge in [0.1, 0.15) is 0 Å². The lowest BCUT2D eigenvalue weighted by Gasteiger charge is -2.54. The quantitative estimate of drug-likeness (QED) is 0.337. The minimum absolute atomic E-state index is 0.0426. The lowest BCUT2D eigenvalue weighted by molar-refractivity contribution is -0.0189. The van der Waals surface area contributed by atoms with Gasteiger partial charge in [0.2, 0.25) is 8.32 Å². The summed E-state index contributed by atoms with van der Waals surface area (Å²) in [6, 6.07) is 0. The predicted molar refractivity (Wildman–Crippen MR) is 125 cm³/mol. The molecule has 0 aliphatic heterocycles. The average Bonchev–Trinajstić information content (AvgIpc) is 3.09. The van der Waals surface area contributed by atoms with Gasteiger partial charge in [0.15, 0.2) is 8.32 Å². The van der Waals surface area contributed by atoms with Crippen molar-refractivity contribution in [3.05, 3.63) is 36.6 Å². The number of hydrogen-bond donors (Lipinski definition) is 0. The average molecular weight is 419 g/mol. The van der Waals surface area contributed by atoms with Crippen LogP contribution in [0.25, 0.3) is 0 Å². The van der Waals surface area contributed by atoms with Crippen LogP contribution in [0, 0.1) is 29.1 Å². The van der Waals surface area contributed by atoms with E-state index < -0.39 is 16.6 Å². The zero-order chi connectivity index (χ0) is 21.1. The van der Waals surface area contributed by atoms with Gasteiger partial charge in [-0.1, -0.05) is 45.9 Å². The second kappa shape index (κ2) is 6.99. The summed E-state index contributed by atoms with van der Waals surface area (Å²) in [5.41, 5.74) is 0.0426. The number of hydrogen-bond acceptors (Lipinski definition) is 2. The molecule has 0 spiro atoms. The maximum atomic E-state index is 7.15. The third-order valence-electron chi connectivity index (χ3n) is 7.71. The van der Waals surface area contributed by atoms with Crippen molar-refractivity contribution >= 4 is 16.6 Å². The lowest BCUT2D eigenvalue weighted by Crippen LogP contribution is -2.55. The molecule has 0 amide bonds. The molecule has 0 unspecified atom stereocenters. The minimum Gasteiger partial charge on any atom is -0.547 e. The molecule has 0 aromatic heterocycles. The van der Waals surface area contributed by atoms with Crippen LogP contribution in [0.2, 0.25) is 37.8 Å². The van der Waals surface area contributed by atoms with Gasteiger partial charge in [-0.05, 0) is 68.5 Å². The molecule has 0 aromatic rings. The standard InChI is InChI=1S/C24H42O2Si2/c1-11-14-24-19-13-12-18(16-19)21(24)22(26-28(9,10)23(3,4)5)17(2)15-20(24)25-27(6,7)8/h11-13,15,17-19,21-22H,1,14,16H2,2-10H3/t17-,18-,19+,21+,22+,24-/m1/s1. The molecule has 2 nitrogen and oxygen atoms in total. The molecule has 158 valence electrons. The first-order valence-electron chi connectivity index (χ1n) is 11.1. The highest BCUT2D eigenvalue weighted by Gasteiger charge is 2.64. The molecule has 3 aliphatic rings. The molecule has 1 saturated carbocycles. The summed E-state index contributed by atoms with van der Waals surface area (Å²) in [4.78, 5) is 0. The fraction of sp³-hybridized carbons (Fsp3) is 0.750. The Bertz CT molecular complexity index is 680. The predicted octanol–water partition coefficient (Wildman–Crippen LogP) is 7.15. The highest BCUT2D eigenvalue weighted by molar-refractivity contribution is 6.74. The van der Waals surface area contributed by atoms with Crippen LogP contribution in [0.3, 0.4) is 0 Å². The smallest absolute Gasteiger partial charge is 0.241 e. The Balaban J connectivity index is 2.08. The number of fused-ring (bicyclic) bond motifs is 5. The van der Waals surface area contributed by atoms with E-state index in [1.807, 2.05) is 0 Å².